The highest BCUT2D eigenvalue weighted by Crippen LogP contribution is 2.22. The first-order valence-corrected chi connectivity index (χ1v) is 7.59. The van der Waals surface area contributed by atoms with Crippen molar-refractivity contribution in [2.75, 3.05) is 11.9 Å². The van der Waals surface area contributed by atoms with Gasteiger partial charge in [0.1, 0.15) is 12.0 Å². The van der Waals surface area contributed by atoms with Crippen molar-refractivity contribution in [2.24, 2.45) is 5.73 Å². The standard InChI is InChI=1S/C16H18ClN3O3/c1-2-5-19-16(22)13-4-3-11(17)7-14(13)20-15(21)10-6-12(8-18)23-9-10/h3-4,6-7,9H,2,5,8,18H2,1H3,(H,19,22)(H,20,21). The summed E-state index contributed by atoms with van der Waals surface area (Å²) in [5.74, 6) is -0.170. The average molecular weight is 336 g/mol. The molecule has 0 bridgehead atoms. The van der Waals surface area contributed by atoms with Gasteiger partial charge in [-0.25, -0.2) is 0 Å². The van der Waals surface area contributed by atoms with Crippen LogP contribution in [-0.2, 0) is 6.54 Å². The van der Waals surface area contributed by atoms with Gasteiger partial charge in [-0.2, -0.15) is 0 Å². The molecule has 0 aliphatic heterocycles. The second kappa shape index (κ2) is 7.80. The number of rotatable bonds is 6. The molecule has 0 atom stereocenters. The van der Waals surface area contributed by atoms with Crippen LogP contribution in [0.1, 0.15) is 39.8 Å². The predicted molar refractivity (Wildman–Crippen MR) is 88.6 cm³/mol. The van der Waals surface area contributed by atoms with Gasteiger partial charge in [-0.1, -0.05) is 18.5 Å². The number of hydrogen-bond acceptors (Lipinski definition) is 4. The minimum absolute atomic E-state index is 0.203. The van der Waals surface area contributed by atoms with Crippen LogP contribution in [0.4, 0.5) is 5.69 Å². The lowest BCUT2D eigenvalue weighted by Crippen LogP contribution is -2.25. The summed E-state index contributed by atoms with van der Waals surface area (Å²) in [6, 6.07) is 6.26. The molecule has 1 heterocycles. The zero-order valence-electron chi connectivity index (χ0n) is 12.7. The fourth-order valence-corrected chi connectivity index (χ4v) is 2.12. The number of carbonyl (C=O) groups excluding carboxylic acids is 2. The van der Waals surface area contributed by atoms with E-state index >= 15 is 0 Å². The van der Waals surface area contributed by atoms with Crippen LogP contribution in [0.2, 0.25) is 5.02 Å². The quantitative estimate of drug-likeness (QED) is 0.756. The molecule has 0 unspecified atom stereocenters. The predicted octanol–water partition coefficient (Wildman–Crippen LogP) is 2.78. The molecule has 7 heteroatoms. The lowest BCUT2D eigenvalue weighted by atomic mass is 10.1. The van der Waals surface area contributed by atoms with Crippen molar-refractivity contribution in [3.63, 3.8) is 0 Å². The summed E-state index contributed by atoms with van der Waals surface area (Å²) in [7, 11) is 0. The Kier molecular flexibility index (Phi) is 5.78. The van der Waals surface area contributed by atoms with Crippen LogP contribution >= 0.6 is 11.6 Å². The normalized spacial score (nSPS) is 10.4. The van der Waals surface area contributed by atoms with Gasteiger partial charge < -0.3 is 20.8 Å². The molecular formula is C16H18ClN3O3. The van der Waals surface area contributed by atoms with E-state index in [1.54, 1.807) is 18.2 Å². The molecule has 2 aromatic rings. The number of furan rings is 1. The van der Waals surface area contributed by atoms with Crippen molar-refractivity contribution in [3.8, 4) is 0 Å². The fourth-order valence-electron chi connectivity index (χ4n) is 1.95. The molecule has 6 nitrogen and oxygen atoms in total. The topological polar surface area (TPSA) is 97.4 Å². The van der Waals surface area contributed by atoms with Crippen LogP contribution in [0, 0.1) is 0 Å². The monoisotopic (exact) mass is 335 g/mol. The molecule has 0 saturated carbocycles. The largest absolute Gasteiger partial charge is 0.467 e. The Morgan fingerprint density at radius 2 is 2.04 bits per heavy atom. The summed E-state index contributed by atoms with van der Waals surface area (Å²) in [5, 5.41) is 5.86. The molecule has 1 aromatic carbocycles. The van der Waals surface area contributed by atoms with Gasteiger partial charge in [0.05, 0.1) is 23.4 Å². The molecular weight excluding hydrogens is 318 g/mol. The highest BCUT2D eigenvalue weighted by atomic mass is 35.5. The van der Waals surface area contributed by atoms with Crippen molar-refractivity contribution in [1.29, 1.82) is 0 Å². The molecule has 4 N–H and O–H groups in total. The van der Waals surface area contributed by atoms with Crippen molar-refractivity contribution in [2.45, 2.75) is 19.9 Å². The SMILES string of the molecule is CCCNC(=O)c1ccc(Cl)cc1NC(=O)c1coc(CN)c1. The van der Waals surface area contributed by atoms with Gasteiger partial charge in [0.25, 0.3) is 11.8 Å². The second-order valence-electron chi connectivity index (χ2n) is 4.91. The third-order valence-electron chi connectivity index (χ3n) is 3.13. The van der Waals surface area contributed by atoms with Gasteiger partial charge in [-0.15, -0.1) is 0 Å². The Hall–Kier alpha value is -2.31. The Morgan fingerprint density at radius 3 is 2.70 bits per heavy atom. The van der Waals surface area contributed by atoms with Gasteiger partial charge in [0.2, 0.25) is 0 Å². The molecule has 0 aliphatic rings. The summed E-state index contributed by atoms with van der Waals surface area (Å²) >= 11 is 5.96. The zero-order valence-corrected chi connectivity index (χ0v) is 13.4. The second-order valence-corrected chi connectivity index (χ2v) is 5.34. The van der Waals surface area contributed by atoms with E-state index in [1.165, 1.54) is 12.3 Å². The van der Waals surface area contributed by atoms with Gasteiger partial charge in [0, 0.05) is 11.6 Å². The van der Waals surface area contributed by atoms with E-state index in [4.69, 9.17) is 21.8 Å². The van der Waals surface area contributed by atoms with E-state index in [0.717, 1.165) is 6.42 Å². The summed E-state index contributed by atoms with van der Waals surface area (Å²) in [6.07, 6.45) is 2.14. The Labute approximate surface area is 139 Å². The Morgan fingerprint density at radius 1 is 1.26 bits per heavy atom. The molecule has 0 radical (unpaired) electrons. The number of anilines is 1. The first-order chi connectivity index (χ1) is 11.0. The Balaban J connectivity index is 2.22. The number of hydrogen-bond donors (Lipinski definition) is 3. The molecule has 0 aliphatic carbocycles. The molecule has 2 amide bonds. The maximum Gasteiger partial charge on any atom is 0.258 e. The summed E-state index contributed by atoms with van der Waals surface area (Å²) in [5.41, 5.74) is 6.46. The van der Waals surface area contributed by atoms with E-state index in [2.05, 4.69) is 10.6 Å². The van der Waals surface area contributed by atoms with E-state index < -0.39 is 5.91 Å². The van der Waals surface area contributed by atoms with Crippen LogP contribution in [0.3, 0.4) is 0 Å². The number of carbonyl (C=O) groups is 2. The number of benzene rings is 1. The molecule has 23 heavy (non-hydrogen) atoms. The third-order valence-corrected chi connectivity index (χ3v) is 3.36. The molecule has 0 spiro atoms. The molecule has 122 valence electrons. The van der Waals surface area contributed by atoms with E-state index in [0.29, 0.717) is 34.1 Å². The van der Waals surface area contributed by atoms with E-state index in [-0.39, 0.29) is 12.5 Å². The van der Waals surface area contributed by atoms with Crippen LogP contribution in [0.25, 0.3) is 0 Å². The van der Waals surface area contributed by atoms with Gasteiger partial charge in [-0.3, -0.25) is 9.59 Å². The zero-order chi connectivity index (χ0) is 16.8. The van der Waals surface area contributed by atoms with Crippen molar-refractivity contribution >= 4 is 29.1 Å². The molecule has 2 rings (SSSR count). The van der Waals surface area contributed by atoms with Crippen LogP contribution in [0.5, 0.6) is 0 Å². The van der Waals surface area contributed by atoms with Crippen LogP contribution in [-0.4, -0.2) is 18.4 Å². The number of halogens is 1. The highest BCUT2D eigenvalue weighted by Gasteiger charge is 2.16. The lowest BCUT2D eigenvalue weighted by molar-refractivity contribution is 0.0954. The smallest absolute Gasteiger partial charge is 0.258 e. The number of amides is 2. The Bertz CT molecular complexity index is 712. The minimum Gasteiger partial charge on any atom is -0.467 e. The molecule has 0 saturated heterocycles. The minimum atomic E-state index is -0.403. The van der Waals surface area contributed by atoms with Crippen LogP contribution in [0.15, 0.2) is 34.9 Å². The van der Waals surface area contributed by atoms with Gasteiger partial charge >= 0.3 is 0 Å². The molecule has 1 aromatic heterocycles. The molecule has 0 fully saturated rings. The highest BCUT2D eigenvalue weighted by molar-refractivity contribution is 6.31. The first-order valence-electron chi connectivity index (χ1n) is 7.21. The van der Waals surface area contributed by atoms with Gasteiger partial charge in [-0.05, 0) is 30.7 Å². The fraction of sp³-hybridized carbons (Fsp3) is 0.250. The number of nitrogens with one attached hydrogen (secondary N) is 2. The maximum absolute atomic E-state index is 12.3. The first kappa shape index (κ1) is 17.1. The van der Waals surface area contributed by atoms with Crippen LogP contribution < -0.4 is 16.4 Å². The van der Waals surface area contributed by atoms with Gasteiger partial charge in [0.15, 0.2) is 0 Å². The van der Waals surface area contributed by atoms with Crippen molar-refractivity contribution < 1.29 is 14.0 Å². The maximum atomic E-state index is 12.3. The summed E-state index contributed by atoms with van der Waals surface area (Å²) in [4.78, 5) is 24.4. The van der Waals surface area contributed by atoms with Crippen molar-refractivity contribution in [3.05, 3.63) is 52.4 Å². The summed E-state index contributed by atoms with van der Waals surface area (Å²) in [6.45, 7) is 2.71. The summed E-state index contributed by atoms with van der Waals surface area (Å²) < 4.78 is 5.14. The van der Waals surface area contributed by atoms with Crippen molar-refractivity contribution in [1.82, 2.24) is 5.32 Å². The average Bonchev–Trinajstić information content (AvgIpc) is 3.02. The van der Waals surface area contributed by atoms with E-state index in [1.807, 2.05) is 6.92 Å². The third kappa shape index (κ3) is 4.34. The lowest BCUT2D eigenvalue weighted by Gasteiger charge is -2.11. The van der Waals surface area contributed by atoms with E-state index in [9.17, 15) is 9.59 Å². The number of nitrogens with two attached hydrogens (primary N) is 1.